The lowest BCUT2D eigenvalue weighted by Crippen LogP contribution is -2.37. The average Bonchev–Trinajstić information content (AvgIpc) is 2.27. The maximum Gasteiger partial charge on any atom is 0.125 e. The van der Waals surface area contributed by atoms with E-state index in [0.717, 1.165) is 23.4 Å². The minimum atomic E-state index is 0.00371. The fourth-order valence-corrected chi connectivity index (χ4v) is 1.68. The number of benzene rings is 1. The first-order valence-electron chi connectivity index (χ1n) is 5.72. The second kappa shape index (κ2) is 6.51. The Morgan fingerprint density at radius 3 is 2.44 bits per heavy atom. The van der Waals surface area contributed by atoms with E-state index in [1.54, 1.807) is 0 Å². The lowest BCUT2D eigenvalue weighted by atomic mass is 10.1. The van der Waals surface area contributed by atoms with E-state index in [1.807, 2.05) is 39.0 Å². The van der Waals surface area contributed by atoms with E-state index in [0.29, 0.717) is 6.61 Å². The molecule has 0 heterocycles. The van der Waals surface area contributed by atoms with E-state index in [-0.39, 0.29) is 12.6 Å². The molecule has 1 atom stereocenters. The highest BCUT2D eigenvalue weighted by Gasteiger charge is 2.08. The van der Waals surface area contributed by atoms with Gasteiger partial charge in [-0.1, -0.05) is 25.1 Å². The Morgan fingerprint density at radius 1 is 1.31 bits per heavy atom. The van der Waals surface area contributed by atoms with Crippen LogP contribution in [0, 0.1) is 13.8 Å². The van der Waals surface area contributed by atoms with Crippen LogP contribution in [0.15, 0.2) is 18.2 Å². The summed E-state index contributed by atoms with van der Waals surface area (Å²) in [5, 5.41) is 12.3. The molecule has 1 aromatic carbocycles. The van der Waals surface area contributed by atoms with E-state index in [4.69, 9.17) is 9.84 Å². The van der Waals surface area contributed by atoms with Crippen LogP contribution in [0.5, 0.6) is 5.75 Å². The standard InChI is InChI=1S/C13H21NO2/c1-4-14-12(8-15)9-16-13-10(2)6-5-7-11(13)3/h5-7,12,14-15H,4,8-9H2,1-3H3. The van der Waals surface area contributed by atoms with Crippen LogP contribution in [0.2, 0.25) is 0 Å². The fraction of sp³-hybridized carbons (Fsp3) is 0.538. The van der Waals surface area contributed by atoms with Crippen LogP contribution in [-0.2, 0) is 0 Å². The summed E-state index contributed by atoms with van der Waals surface area (Å²) < 4.78 is 5.75. The Kier molecular flexibility index (Phi) is 5.29. The summed E-state index contributed by atoms with van der Waals surface area (Å²) in [7, 11) is 0. The number of hydrogen-bond donors (Lipinski definition) is 2. The molecule has 0 spiro atoms. The Bertz CT molecular complexity index is 305. The van der Waals surface area contributed by atoms with Crippen LogP contribution >= 0.6 is 0 Å². The largest absolute Gasteiger partial charge is 0.491 e. The summed E-state index contributed by atoms with van der Waals surface area (Å²) in [6.07, 6.45) is 0. The van der Waals surface area contributed by atoms with Crippen molar-refractivity contribution in [1.29, 1.82) is 0 Å². The lowest BCUT2D eigenvalue weighted by molar-refractivity contribution is 0.183. The van der Waals surface area contributed by atoms with Crippen molar-refractivity contribution in [3.63, 3.8) is 0 Å². The van der Waals surface area contributed by atoms with E-state index in [9.17, 15) is 0 Å². The van der Waals surface area contributed by atoms with Crippen molar-refractivity contribution in [1.82, 2.24) is 5.32 Å². The van der Waals surface area contributed by atoms with Crippen LogP contribution in [0.25, 0.3) is 0 Å². The molecule has 0 bridgehead atoms. The molecule has 0 saturated carbocycles. The van der Waals surface area contributed by atoms with Gasteiger partial charge >= 0.3 is 0 Å². The van der Waals surface area contributed by atoms with Gasteiger partial charge in [-0.2, -0.15) is 0 Å². The maximum atomic E-state index is 9.13. The van der Waals surface area contributed by atoms with Gasteiger partial charge in [0, 0.05) is 0 Å². The number of aliphatic hydroxyl groups is 1. The average molecular weight is 223 g/mol. The van der Waals surface area contributed by atoms with Crippen molar-refractivity contribution in [2.75, 3.05) is 19.8 Å². The van der Waals surface area contributed by atoms with Crippen LogP contribution in [0.4, 0.5) is 0 Å². The van der Waals surface area contributed by atoms with Crippen LogP contribution in [0.3, 0.4) is 0 Å². The van der Waals surface area contributed by atoms with Crippen molar-refractivity contribution in [3.05, 3.63) is 29.3 Å². The van der Waals surface area contributed by atoms with Gasteiger partial charge in [0.05, 0.1) is 12.6 Å². The molecule has 1 unspecified atom stereocenters. The summed E-state index contributed by atoms with van der Waals surface area (Å²) >= 11 is 0. The molecule has 1 rings (SSSR count). The topological polar surface area (TPSA) is 41.5 Å². The monoisotopic (exact) mass is 223 g/mol. The number of nitrogens with one attached hydrogen (secondary N) is 1. The van der Waals surface area contributed by atoms with Crippen LogP contribution in [0.1, 0.15) is 18.1 Å². The number of ether oxygens (including phenoxy) is 1. The number of aliphatic hydroxyl groups excluding tert-OH is 1. The van der Waals surface area contributed by atoms with Gasteiger partial charge in [0.1, 0.15) is 12.4 Å². The fourth-order valence-electron chi connectivity index (χ4n) is 1.68. The van der Waals surface area contributed by atoms with E-state index >= 15 is 0 Å². The molecule has 0 aliphatic carbocycles. The van der Waals surface area contributed by atoms with Crippen molar-refractivity contribution < 1.29 is 9.84 Å². The Morgan fingerprint density at radius 2 is 1.94 bits per heavy atom. The van der Waals surface area contributed by atoms with Crippen LogP contribution < -0.4 is 10.1 Å². The summed E-state index contributed by atoms with van der Waals surface area (Å²) in [6, 6.07) is 6.09. The van der Waals surface area contributed by atoms with Gasteiger partial charge in [-0.05, 0) is 31.5 Å². The lowest BCUT2D eigenvalue weighted by Gasteiger charge is -2.18. The molecule has 3 heteroatoms. The molecule has 16 heavy (non-hydrogen) atoms. The van der Waals surface area contributed by atoms with Gasteiger partial charge in [0.15, 0.2) is 0 Å². The third-order valence-corrected chi connectivity index (χ3v) is 2.55. The molecule has 0 fully saturated rings. The number of para-hydroxylation sites is 1. The van der Waals surface area contributed by atoms with Crippen molar-refractivity contribution in [3.8, 4) is 5.75 Å². The highest BCUT2D eigenvalue weighted by Crippen LogP contribution is 2.22. The minimum Gasteiger partial charge on any atom is -0.491 e. The second-order valence-corrected chi connectivity index (χ2v) is 3.97. The van der Waals surface area contributed by atoms with Gasteiger partial charge in [-0.15, -0.1) is 0 Å². The Labute approximate surface area is 97.4 Å². The second-order valence-electron chi connectivity index (χ2n) is 3.97. The zero-order chi connectivity index (χ0) is 12.0. The molecule has 2 N–H and O–H groups in total. The number of aryl methyl sites for hydroxylation is 2. The summed E-state index contributed by atoms with van der Waals surface area (Å²) in [5.41, 5.74) is 2.27. The smallest absolute Gasteiger partial charge is 0.125 e. The molecular formula is C13H21NO2. The van der Waals surface area contributed by atoms with E-state index in [2.05, 4.69) is 5.32 Å². The molecule has 90 valence electrons. The first-order valence-corrected chi connectivity index (χ1v) is 5.72. The number of likely N-dealkylation sites (N-methyl/N-ethyl adjacent to an activating group) is 1. The number of rotatable bonds is 6. The summed E-state index contributed by atoms with van der Waals surface area (Å²) in [5.74, 6) is 0.929. The third kappa shape index (κ3) is 3.51. The maximum absolute atomic E-state index is 9.13. The SMILES string of the molecule is CCNC(CO)COc1c(C)cccc1C. The van der Waals surface area contributed by atoms with Gasteiger partial charge in [0.2, 0.25) is 0 Å². The molecule has 0 aliphatic heterocycles. The third-order valence-electron chi connectivity index (χ3n) is 2.55. The minimum absolute atomic E-state index is 0.00371. The van der Waals surface area contributed by atoms with E-state index in [1.165, 1.54) is 0 Å². The first-order chi connectivity index (χ1) is 7.69. The molecular weight excluding hydrogens is 202 g/mol. The molecule has 0 aliphatic rings. The summed E-state index contributed by atoms with van der Waals surface area (Å²) in [4.78, 5) is 0. The Hall–Kier alpha value is -1.06. The Balaban J connectivity index is 2.59. The summed E-state index contributed by atoms with van der Waals surface area (Å²) in [6.45, 7) is 7.50. The molecule has 0 amide bonds. The van der Waals surface area contributed by atoms with Crippen molar-refractivity contribution in [2.24, 2.45) is 0 Å². The van der Waals surface area contributed by atoms with Crippen molar-refractivity contribution >= 4 is 0 Å². The number of hydrogen-bond acceptors (Lipinski definition) is 3. The zero-order valence-electron chi connectivity index (χ0n) is 10.3. The molecule has 0 aromatic heterocycles. The highest BCUT2D eigenvalue weighted by molar-refractivity contribution is 5.39. The first kappa shape index (κ1) is 13.0. The predicted molar refractivity (Wildman–Crippen MR) is 66.0 cm³/mol. The molecule has 0 radical (unpaired) electrons. The quantitative estimate of drug-likeness (QED) is 0.770. The zero-order valence-corrected chi connectivity index (χ0v) is 10.3. The normalized spacial score (nSPS) is 12.5. The molecule has 3 nitrogen and oxygen atoms in total. The van der Waals surface area contributed by atoms with Crippen LogP contribution in [-0.4, -0.2) is 30.9 Å². The predicted octanol–water partition coefficient (Wildman–Crippen LogP) is 1.65. The molecule has 1 aromatic rings. The highest BCUT2D eigenvalue weighted by atomic mass is 16.5. The van der Waals surface area contributed by atoms with Gasteiger partial charge in [-0.25, -0.2) is 0 Å². The van der Waals surface area contributed by atoms with Gasteiger partial charge < -0.3 is 15.2 Å². The van der Waals surface area contributed by atoms with E-state index < -0.39 is 0 Å². The van der Waals surface area contributed by atoms with Crippen molar-refractivity contribution in [2.45, 2.75) is 26.8 Å². The van der Waals surface area contributed by atoms with Gasteiger partial charge in [0.25, 0.3) is 0 Å². The van der Waals surface area contributed by atoms with Gasteiger partial charge in [-0.3, -0.25) is 0 Å². The molecule has 0 saturated heterocycles.